The lowest BCUT2D eigenvalue weighted by molar-refractivity contribution is -0.122. The van der Waals surface area contributed by atoms with E-state index in [1.165, 1.54) is 18.4 Å². The van der Waals surface area contributed by atoms with Crippen LogP contribution in [0.4, 0.5) is 10.8 Å². The summed E-state index contributed by atoms with van der Waals surface area (Å²) in [6, 6.07) is 16.0. The molecule has 3 rings (SSSR count). The molecule has 29 heavy (non-hydrogen) atoms. The van der Waals surface area contributed by atoms with Crippen molar-refractivity contribution in [3.8, 4) is 16.3 Å². The Morgan fingerprint density at radius 3 is 2.38 bits per heavy atom. The number of carbonyl (C=O) groups excluding carboxylic acids is 1. The molecule has 152 valence electrons. The third kappa shape index (κ3) is 5.30. The van der Waals surface area contributed by atoms with Crippen LogP contribution in [-0.2, 0) is 14.8 Å². The van der Waals surface area contributed by atoms with E-state index >= 15 is 0 Å². The first kappa shape index (κ1) is 20.7. The minimum absolute atomic E-state index is 0.363. The van der Waals surface area contributed by atoms with Gasteiger partial charge in [-0.15, -0.1) is 10.2 Å². The Hall–Kier alpha value is -2.98. The van der Waals surface area contributed by atoms with E-state index in [-0.39, 0.29) is 5.91 Å². The zero-order chi connectivity index (χ0) is 21.0. The number of hydrogen-bond donors (Lipinski definition) is 1. The Bertz CT molecular complexity index is 1080. The van der Waals surface area contributed by atoms with Crippen LogP contribution in [-0.4, -0.2) is 43.9 Å². The number of amides is 1. The van der Waals surface area contributed by atoms with Gasteiger partial charge in [-0.3, -0.25) is 14.4 Å². The number of carbonyl (C=O) groups is 1. The van der Waals surface area contributed by atoms with Gasteiger partial charge in [0.25, 0.3) is 5.91 Å². The first-order valence-electron chi connectivity index (χ1n) is 8.64. The van der Waals surface area contributed by atoms with Crippen LogP contribution in [0.3, 0.4) is 0 Å². The Kier molecular flexibility index (Phi) is 6.14. The summed E-state index contributed by atoms with van der Waals surface area (Å²) in [7, 11) is -1.88. The fraction of sp³-hybridized carbons (Fsp3) is 0.211. The molecular weight excluding hydrogens is 412 g/mol. The molecule has 0 aliphatic rings. The lowest BCUT2D eigenvalue weighted by Gasteiger charge is -2.18. The Morgan fingerprint density at radius 2 is 1.76 bits per heavy atom. The number of ether oxygens (including phenoxy) is 1. The van der Waals surface area contributed by atoms with Crippen molar-refractivity contribution in [3.63, 3.8) is 0 Å². The summed E-state index contributed by atoms with van der Waals surface area (Å²) in [4.78, 5) is 12.4. The van der Waals surface area contributed by atoms with Gasteiger partial charge >= 0.3 is 0 Å². The minimum atomic E-state index is -3.34. The van der Waals surface area contributed by atoms with Crippen LogP contribution in [0.2, 0.25) is 0 Å². The molecule has 0 aliphatic heterocycles. The first-order chi connectivity index (χ1) is 13.7. The van der Waals surface area contributed by atoms with Gasteiger partial charge in [-0.25, -0.2) is 8.42 Å². The predicted octanol–water partition coefficient (Wildman–Crippen LogP) is 3.01. The van der Waals surface area contributed by atoms with Crippen molar-refractivity contribution in [2.75, 3.05) is 22.9 Å². The number of nitrogens with one attached hydrogen (secondary N) is 1. The fourth-order valence-electron chi connectivity index (χ4n) is 2.36. The van der Waals surface area contributed by atoms with Crippen LogP contribution in [0.15, 0.2) is 54.6 Å². The van der Waals surface area contributed by atoms with Crippen LogP contribution in [0.1, 0.15) is 6.92 Å². The molecule has 0 bridgehead atoms. The van der Waals surface area contributed by atoms with Gasteiger partial charge in [0.05, 0.1) is 11.9 Å². The number of rotatable bonds is 7. The third-order valence-corrected chi connectivity index (χ3v) is 6.15. The average molecular weight is 433 g/mol. The zero-order valence-corrected chi connectivity index (χ0v) is 17.7. The maximum atomic E-state index is 12.4. The number of aromatic nitrogens is 2. The van der Waals surface area contributed by atoms with E-state index < -0.39 is 16.1 Å². The molecule has 3 aromatic rings. The topological polar surface area (TPSA) is 101 Å². The summed E-state index contributed by atoms with van der Waals surface area (Å²) < 4.78 is 30.0. The van der Waals surface area contributed by atoms with Gasteiger partial charge in [-0.2, -0.15) is 0 Å². The summed E-state index contributed by atoms with van der Waals surface area (Å²) >= 11 is 1.27. The molecule has 0 saturated carbocycles. The number of hydrogen-bond acceptors (Lipinski definition) is 7. The van der Waals surface area contributed by atoms with Crippen LogP contribution in [0.25, 0.3) is 10.6 Å². The van der Waals surface area contributed by atoms with Gasteiger partial charge in [0.1, 0.15) is 10.8 Å². The largest absolute Gasteiger partial charge is 0.481 e. The third-order valence-electron chi connectivity index (χ3n) is 4.06. The van der Waals surface area contributed by atoms with Crippen LogP contribution in [0.5, 0.6) is 5.75 Å². The normalized spacial score (nSPS) is 12.2. The van der Waals surface area contributed by atoms with Crippen molar-refractivity contribution < 1.29 is 17.9 Å². The van der Waals surface area contributed by atoms with Crippen LogP contribution < -0.4 is 14.4 Å². The van der Waals surface area contributed by atoms with E-state index in [1.807, 2.05) is 30.3 Å². The minimum Gasteiger partial charge on any atom is -0.481 e. The smallest absolute Gasteiger partial charge is 0.266 e. The molecule has 0 unspecified atom stereocenters. The number of benzene rings is 2. The van der Waals surface area contributed by atoms with E-state index in [4.69, 9.17) is 4.74 Å². The molecule has 2 aromatic carbocycles. The van der Waals surface area contributed by atoms with Gasteiger partial charge in [0.2, 0.25) is 15.2 Å². The molecular formula is C19H20N4O4S2. The highest BCUT2D eigenvalue weighted by molar-refractivity contribution is 7.92. The van der Waals surface area contributed by atoms with E-state index in [0.29, 0.717) is 21.6 Å². The Labute approximate surface area is 173 Å². The Morgan fingerprint density at radius 1 is 1.10 bits per heavy atom. The van der Waals surface area contributed by atoms with Crippen molar-refractivity contribution >= 4 is 38.1 Å². The molecule has 1 N–H and O–H groups in total. The lowest BCUT2D eigenvalue weighted by atomic mass is 10.2. The first-order valence-corrected chi connectivity index (χ1v) is 11.3. The van der Waals surface area contributed by atoms with Gasteiger partial charge in [-0.1, -0.05) is 41.7 Å². The van der Waals surface area contributed by atoms with Crippen molar-refractivity contribution in [2.24, 2.45) is 0 Å². The van der Waals surface area contributed by atoms with E-state index in [0.717, 1.165) is 16.1 Å². The molecule has 1 atom stereocenters. The molecule has 1 heterocycles. The number of sulfonamides is 1. The second-order valence-electron chi connectivity index (χ2n) is 6.25. The summed E-state index contributed by atoms with van der Waals surface area (Å²) in [6.07, 6.45) is 0.345. The van der Waals surface area contributed by atoms with Crippen molar-refractivity contribution in [1.82, 2.24) is 10.2 Å². The highest BCUT2D eigenvalue weighted by Gasteiger charge is 2.18. The molecule has 0 radical (unpaired) electrons. The van der Waals surface area contributed by atoms with Gasteiger partial charge in [0.15, 0.2) is 6.10 Å². The monoisotopic (exact) mass is 432 g/mol. The quantitative estimate of drug-likeness (QED) is 0.616. The van der Waals surface area contributed by atoms with E-state index in [9.17, 15) is 13.2 Å². The molecule has 10 heteroatoms. The summed E-state index contributed by atoms with van der Waals surface area (Å²) in [5, 5.41) is 11.9. The van der Waals surface area contributed by atoms with Crippen molar-refractivity contribution in [3.05, 3.63) is 54.6 Å². The standard InChI is InChI=1S/C19H20N4O4S2/c1-13(27-16-11-9-15(10-12-16)23(2)29(3,25)26)17(24)20-19-22-21-18(28-19)14-7-5-4-6-8-14/h4-13H,1-3H3,(H,20,22,24)/t13-/m1/s1. The van der Waals surface area contributed by atoms with Crippen molar-refractivity contribution in [1.29, 1.82) is 0 Å². The highest BCUT2D eigenvalue weighted by atomic mass is 32.2. The Balaban J connectivity index is 1.60. The zero-order valence-electron chi connectivity index (χ0n) is 16.1. The number of nitrogens with zero attached hydrogens (tertiary/aromatic N) is 3. The summed E-state index contributed by atoms with van der Waals surface area (Å²) in [5.41, 5.74) is 1.42. The van der Waals surface area contributed by atoms with Gasteiger partial charge in [-0.05, 0) is 31.2 Å². The molecule has 0 aliphatic carbocycles. The SMILES string of the molecule is C[C@@H](Oc1ccc(N(C)S(C)(=O)=O)cc1)C(=O)Nc1nnc(-c2ccccc2)s1. The average Bonchev–Trinajstić information content (AvgIpc) is 3.16. The molecule has 8 nitrogen and oxygen atoms in total. The summed E-state index contributed by atoms with van der Waals surface area (Å²) in [6.45, 7) is 1.62. The predicted molar refractivity (Wildman–Crippen MR) is 114 cm³/mol. The van der Waals surface area contributed by atoms with Crippen LogP contribution in [0, 0.1) is 0 Å². The molecule has 0 fully saturated rings. The van der Waals surface area contributed by atoms with Crippen LogP contribution >= 0.6 is 11.3 Å². The molecule has 0 saturated heterocycles. The highest BCUT2D eigenvalue weighted by Crippen LogP contribution is 2.26. The molecule has 1 aromatic heterocycles. The summed E-state index contributed by atoms with van der Waals surface area (Å²) in [5.74, 6) is 0.0821. The fourth-order valence-corrected chi connectivity index (χ4v) is 3.62. The lowest BCUT2D eigenvalue weighted by Crippen LogP contribution is -2.30. The van der Waals surface area contributed by atoms with Gasteiger partial charge in [0, 0.05) is 12.6 Å². The number of anilines is 2. The maximum Gasteiger partial charge on any atom is 0.266 e. The van der Waals surface area contributed by atoms with Gasteiger partial charge < -0.3 is 4.74 Å². The van der Waals surface area contributed by atoms with Crippen molar-refractivity contribution in [2.45, 2.75) is 13.0 Å². The maximum absolute atomic E-state index is 12.4. The molecule has 1 amide bonds. The van der Waals surface area contributed by atoms with E-state index in [2.05, 4.69) is 15.5 Å². The van der Waals surface area contributed by atoms with E-state index in [1.54, 1.807) is 31.2 Å². The second-order valence-corrected chi connectivity index (χ2v) is 9.24. The molecule has 0 spiro atoms. The second kappa shape index (κ2) is 8.58.